The molecule has 1 aromatic heterocycles. The fourth-order valence-corrected chi connectivity index (χ4v) is 5.07. The van der Waals surface area contributed by atoms with Crippen LogP contribution >= 0.6 is 0 Å². The lowest BCUT2D eigenvalue weighted by Gasteiger charge is -2.47. The Hall–Kier alpha value is -1.18. The van der Waals surface area contributed by atoms with E-state index >= 15 is 0 Å². The molecule has 0 aromatic carbocycles. The van der Waals surface area contributed by atoms with E-state index in [1.165, 1.54) is 0 Å². The van der Waals surface area contributed by atoms with E-state index in [9.17, 15) is 8.42 Å². The standard InChI is InChI=1S/C16H25N3O3S/c1-2-12-23(20,21)19-10-11-22-16(14-19)7-5-9-18(13-16)15-6-3-4-8-17-15/h3-4,6,8H,2,5,7,9-14H2,1H3/t16-/m1/s1. The molecule has 0 unspecified atom stereocenters. The topological polar surface area (TPSA) is 62.7 Å². The highest BCUT2D eigenvalue weighted by molar-refractivity contribution is 7.89. The van der Waals surface area contributed by atoms with Crippen molar-refractivity contribution in [2.75, 3.05) is 43.4 Å². The normalized spacial score (nSPS) is 26.6. The summed E-state index contributed by atoms with van der Waals surface area (Å²) in [6.45, 7) is 4.93. The third kappa shape index (κ3) is 3.67. The molecule has 3 rings (SSSR count). The maximum atomic E-state index is 12.4. The van der Waals surface area contributed by atoms with Gasteiger partial charge < -0.3 is 9.64 Å². The second-order valence-electron chi connectivity index (χ2n) is 6.39. The zero-order valence-electron chi connectivity index (χ0n) is 13.6. The molecule has 2 saturated heterocycles. The van der Waals surface area contributed by atoms with Crippen molar-refractivity contribution in [1.82, 2.24) is 9.29 Å². The Morgan fingerprint density at radius 3 is 2.91 bits per heavy atom. The fraction of sp³-hybridized carbons (Fsp3) is 0.688. The number of hydrogen-bond acceptors (Lipinski definition) is 5. The zero-order valence-corrected chi connectivity index (χ0v) is 14.5. The number of rotatable bonds is 4. The predicted molar refractivity (Wildman–Crippen MR) is 90.0 cm³/mol. The van der Waals surface area contributed by atoms with Gasteiger partial charge in [-0.15, -0.1) is 0 Å². The van der Waals surface area contributed by atoms with Gasteiger partial charge in [0.05, 0.1) is 18.0 Å². The van der Waals surface area contributed by atoms with Crippen LogP contribution < -0.4 is 4.90 Å². The highest BCUT2D eigenvalue weighted by atomic mass is 32.2. The smallest absolute Gasteiger partial charge is 0.214 e. The van der Waals surface area contributed by atoms with Gasteiger partial charge in [-0.3, -0.25) is 0 Å². The Labute approximate surface area is 138 Å². The molecular weight excluding hydrogens is 314 g/mol. The van der Waals surface area contributed by atoms with Crippen LogP contribution in [0.4, 0.5) is 5.82 Å². The molecule has 1 atom stereocenters. The van der Waals surface area contributed by atoms with Gasteiger partial charge in [-0.25, -0.2) is 13.4 Å². The van der Waals surface area contributed by atoms with Crippen LogP contribution in [0, 0.1) is 0 Å². The quantitative estimate of drug-likeness (QED) is 0.832. The van der Waals surface area contributed by atoms with E-state index in [1.807, 2.05) is 25.1 Å². The van der Waals surface area contributed by atoms with E-state index in [0.29, 0.717) is 32.7 Å². The summed E-state index contributed by atoms with van der Waals surface area (Å²) in [5.41, 5.74) is -0.408. The summed E-state index contributed by atoms with van der Waals surface area (Å²) in [4.78, 5) is 6.62. The van der Waals surface area contributed by atoms with E-state index in [2.05, 4.69) is 9.88 Å². The zero-order chi connectivity index (χ0) is 16.3. The van der Waals surface area contributed by atoms with Crippen LogP contribution in [0.1, 0.15) is 26.2 Å². The van der Waals surface area contributed by atoms with Crippen LogP contribution in [0.2, 0.25) is 0 Å². The van der Waals surface area contributed by atoms with Gasteiger partial charge in [-0.1, -0.05) is 13.0 Å². The van der Waals surface area contributed by atoms with Gasteiger partial charge in [0.15, 0.2) is 0 Å². The average Bonchev–Trinajstić information content (AvgIpc) is 2.56. The number of pyridine rings is 1. The van der Waals surface area contributed by atoms with Gasteiger partial charge >= 0.3 is 0 Å². The third-order valence-electron chi connectivity index (χ3n) is 4.58. The number of nitrogens with zero attached hydrogens (tertiary/aromatic N) is 3. The minimum atomic E-state index is -3.17. The Balaban J connectivity index is 1.76. The van der Waals surface area contributed by atoms with Crippen LogP contribution in [0.15, 0.2) is 24.4 Å². The molecule has 0 radical (unpaired) electrons. The van der Waals surface area contributed by atoms with Crippen LogP contribution in [-0.2, 0) is 14.8 Å². The molecule has 3 heterocycles. The first kappa shape index (κ1) is 16.7. The largest absolute Gasteiger partial charge is 0.370 e. The summed E-state index contributed by atoms with van der Waals surface area (Å²) in [5.74, 6) is 1.15. The van der Waals surface area contributed by atoms with Gasteiger partial charge in [0.2, 0.25) is 10.0 Å². The van der Waals surface area contributed by atoms with Crippen LogP contribution in [0.5, 0.6) is 0 Å². The maximum absolute atomic E-state index is 12.4. The molecule has 7 heteroatoms. The van der Waals surface area contributed by atoms with Gasteiger partial charge in [0, 0.05) is 32.4 Å². The molecule has 2 aliphatic rings. The van der Waals surface area contributed by atoms with Crippen molar-refractivity contribution < 1.29 is 13.2 Å². The lowest BCUT2D eigenvalue weighted by molar-refractivity contribution is -0.0950. The molecule has 0 saturated carbocycles. The minimum Gasteiger partial charge on any atom is -0.370 e. The molecule has 0 bridgehead atoms. The second-order valence-corrected chi connectivity index (χ2v) is 8.48. The van der Waals surface area contributed by atoms with Gasteiger partial charge in [0.1, 0.15) is 5.82 Å². The first-order valence-corrected chi connectivity index (χ1v) is 9.93. The molecule has 2 fully saturated rings. The second kappa shape index (κ2) is 6.75. The van der Waals surface area contributed by atoms with Crippen molar-refractivity contribution in [2.45, 2.75) is 31.8 Å². The van der Waals surface area contributed by atoms with Crippen molar-refractivity contribution >= 4 is 15.8 Å². The minimum absolute atomic E-state index is 0.215. The third-order valence-corrected chi connectivity index (χ3v) is 6.60. The van der Waals surface area contributed by atoms with Crippen molar-refractivity contribution in [3.63, 3.8) is 0 Å². The van der Waals surface area contributed by atoms with Crippen molar-refractivity contribution in [3.8, 4) is 0 Å². The number of ether oxygens (including phenoxy) is 1. The highest BCUT2D eigenvalue weighted by Gasteiger charge is 2.43. The molecule has 1 spiro atoms. The van der Waals surface area contributed by atoms with Crippen molar-refractivity contribution in [3.05, 3.63) is 24.4 Å². The highest BCUT2D eigenvalue weighted by Crippen LogP contribution is 2.31. The average molecular weight is 339 g/mol. The molecule has 1 aromatic rings. The van der Waals surface area contributed by atoms with Crippen molar-refractivity contribution in [1.29, 1.82) is 0 Å². The number of anilines is 1. The fourth-order valence-electron chi connectivity index (χ4n) is 3.52. The van der Waals surface area contributed by atoms with E-state index < -0.39 is 15.6 Å². The molecule has 6 nitrogen and oxygen atoms in total. The summed E-state index contributed by atoms with van der Waals surface area (Å²) in [5, 5.41) is 0. The van der Waals surface area contributed by atoms with E-state index in [4.69, 9.17) is 4.74 Å². The number of sulfonamides is 1. The first-order chi connectivity index (χ1) is 11.0. The SMILES string of the molecule is CCCS(=O)(=O)N1CCO[C@@]2(CCCN(c3ccccn3)C2)C1. The first-order valence-electron chi connectivity index (χ1n) is 8.32. The molecule has 23 heavy (non-hydrogen) atoms. The number of morpholine rings is 1. The Bertz CT molecular complexity index is 619. The molecule has 0 N–H and O–H groups in total. The van der Waals surface area contributed by atoms with Crippen LogP contribution in [-0.4, -0.2) is 61.8 Å². The lowest BCUT2D eigenvalue weighted by Crippen LogP contribution is -2.61. The van der Waals surface area contributed by atoms with Crippen molar-refractivity contribution in [2.24, 2.45) is 0 Å². The van der Waals surface area contributed by atoms with E-state index in [0.717, 1.165) is 25.2 Å². The maximum Gasteiger partial charge on any atom is 0.214 e. The molecule has 128 valence electrons. The predicted octanol–water partition coefficient (Wildman–Crippen LogP) is 1.49. The number of aromatic nitrogens is 1. The number of hydrogen-bond donors (Lipinski definition) is 0. The summed E-state index contributed by atoms with van der Waals surface area (Å²) < 4.78 is 32.5. The van der Waals surface area contributed by atoms with Gasteiger partial charge in [0.25, 0.3) is 0 Å². The monoisotopic (exact) mass is 339 g/mol. The van der Waals surface area contributed by atoms with Crippen LogP contribution in [0.25, 0.3) is 0 Å². The lowest BCUT2D eigenvalue weighted by atomic mass is 9.91. The Morgan fingerprint density at radius 2 is 2.17 bits per heavy atom. The summed E-state index contributed by atoms with van der Waals surface area (Å²) in [7, 11) is -3.17. The Kier molecular flexibility index (Phi) is 4.89. The molecule has 0 amide bonds. The Morgan fingerprint density at radius 1 is 1.30 bits per heavy atom. The summed E-state index contributed by atoms with van der Waals surface area (Å²) in [6, 6.07) is 5.87. The van der Waals surface area contributed by atoms with Crippen LogP contribution in [0.3, 0.4) is 0 Å². The summed E-state index contributed by atoms with van der Waals surface area (Å²) >= 11 is 0. The molecule has 2 aliphatic heterocycles. The van der Waals surface area contributed by atoms with Gasteiger partial charge in [-0.05, 0) is 31.4 Å². The summed E-state index contributed by atoms with van der Waals surface area (Å²) in [6.07, 6.45) is 4.32. The van der Waals surface area contributed by atoms with E-state index in [-0.39, 0.29) is 5.75 Å². The molecular formula is C16H25N3O3S. The van der Waals surface area contributed by atoms with E-state index in [1.54, 1.807) is 10.5 Å². The van der Waals surface area contributed by atoms with Gasteiger partial charge in [-0.2, -0.15) is 4.31 Å². The number of piperidine rings is 1. The molecule has 0 aliphatic carbocycles.